The van der Waals surface area contributed by atoms with Gasteiger partial charge >= 0.3 is 0 Å². The quantitative estimate of drug-likeness (QED) is 0.477. The first kappa shape index (κ1) is 17.1. The molecule has 0 spiro atoms. The average molecular weight is 409 g/mol. The highest BCUT2D eigenvalue weighted by molar-refractivity contribution is 9.10. The average Bonchev–Trinajstić information content (AvgIpc) is 2.98. The number of H-pyrrole nitrogens is 1. The van der Waals surface area contributed by atoms with E-state index in [-0.39, 0.29) is 5.69 Å². The van der Waals surface area contributed by atoms with Crippen LogP contribution in [0.4, 0.5) is 0 Å². The number of fused-ring (bicyclic) bond motifs is 1. The summed E-state index contributed by atoms with van der Waals surface area (Å²) in [7, 11) is 0. The molecule has 126 valence electrons. The van der Waals surface area contributed by atoms with Crippen LogP contribution < -0.4 is 0 Å². The SMILES string of the molecule is OC[C@H]1O[C@@](OCl)(c2cc3ccccc3[nH]2)[C@@](O)(Br)[C@@H](O)[C@@H]1O. The van der Waals surface area contributed by atoms with Crippen LogP contribution in [-0.4, -0.2) is 54.8 Å². The molecule has 1 fully saturated rings. The van der Waals surface area contributed by atoms with E-state index in [1.54, 1.807) is 12.1 Å². The molecule has 1 aromatic carbocycles. The van der Waals surface area contributed by atoms with Crippen molar-refractivity contribution >= 4 is 38.7 Å². The Hall–Kier alpha value is -0.710. The summed E-state index contributed by atoms with van der Waals surface area (Å²) in [6, 6.07) is 8.88. The van der Waals surface area contributed by atoms with Gasteiger partial charge in [-0.05, 0) is 33.4 Å². The van der Waals surface area contributed by atoms with Crippen LogP contribution in [0.15, 0.2) is 30.3 Å². The van der Waals surface area contributed by atoms with Gasteiger partial charge in [0.1, 0.15) is 18.3 Å². The molecule has 23 heavy (non-hydrogen) atoms. The maximum absolute atomic E-state index is 10.7. The maximum atomic E-state index is 10.7. The molecule has 7 nitrogen and oxygen atoms in total. The number of ether oxygens (including phenoxy) is 1. The number of para-hydroxylation sites is 1. The molecular weight excluding hydrogens is 394 g/mol. The number of aromatic amines is 1. The highest BCUT2D eigenvalue weighted by atomic mass is 79.9. The van der Waals surface area contributed by atoms with Crippen LogP contribution >= 0.6 is 27.8 Å². The second-order valence-electron chi connectivity index (χ2n) is 5.41. The van der Waals surface area contributed by atoms with Crippen LogP contribution in [0.25, 0.3) is 10.9 Å². The summed E-state index contributed by atoms with van der Waals surface area (Å²) in [6.45, 7) is -0.608. The van der Waals surface area contributed by atoms with Crippen molar-refractivity contribution in [2.24, 2.45) is 0 Å². The number of hydrogen-bond donors (Lipinski definition) is 5. The van der Waals surface area contributed by atoms with E-state index in [0.29, 0.717) is 0 Å². The van der Waals surface area contributed by atoms with Gasteiger partial charge in [-0.3, -0.25) is 0 Å². The van der Waals surface area contributed by atoms with Gasteiger partial charge < -0.3 is 30.1 Å². The predicted octanol–water partition coefficient (Wildman–Crippen LogP) is 0.687. The number of alkyl halides is 1. The standard InChI is InChI=1S/C14H15BrClNO6/c15-13(21)12(20)11(19)9(6-18)22-14(13,23-16)10-5-7-3-1-2-4-8(7)17-10/h1-5,9,11-12,17-21H,6H2/t9-,11-,12+,13-,14-/m1/s1. The van der Waals surface area contributed by atoms with Crippen molar-refractivity contribution in [3.8, 4) is 0 Å². The van der Waals surface area contributed by atoms with Crippen molar-refractivity contribution in [2.75, 3.05) is 6.61 Å². The number of halogens is 2. The largest absolute Gasteiger partial charge is 0.394 e. The lowest BCUT2D eigenvalue weighted by Crippen LogP contribution is -2.69. The third kappa shape index (κ3) is 2.41. The van der Waals surface area contributed by atoms with E-state index < -0.39 is 35.2 Å². The topological polar surface area (TPSA) is 115 Å². The van der Waals surface area contributed by atoms with E-state index in [1.807, 2.05) is 18.2 Å². The lowest BCUT2D eigenvalue weighted by Gasteiger charge is -2.50. The molecule has 5 N–H and O–H groups in total. The number of aromatic nitrogens is 1. The Kier molecular flexibility index (Phi) is 4.45. The van der Waals surface area contributed by atoms with E-state index in [2.05, 4.69) is 20.9 Å². The van der Waals surface area contributed by atoms with Gasteiger partial charge in [0.2, 0.25) is 4.51 Å². The first-order valence-corrected chi connectivity index (χ1v) is 7.91. The zero-order valence-electron chi connectivity index (χ0n) is 11.7. The molecule has 2 aromatic rings. The summed E-state index contributed by atoms with van der Waals surface area (Å²) >= 11 is 8.55. The first-order chi connectivity index (χ1) is 10.9. The number of benzene rings is 1. The molecule has 3 rings (SSSR count). The Balaban J connectivity index is 2.17. The molecule has 0 bridgehead atoms. The molecule has 1 aliphatic heterocycles. The minimum Gasteiger partial charge on any atom is -0.394 e. The molecular formula is C14H15BrClNO6. The zero-order valence-corrected chi connectivity index (χ0v) is 14.0. The third-order valence-electron chi connectivity index (χ3n) is 4.05. The van der Waals surface area contributed by atoms with Crippen molar-refractivity contribution in [3.63, 3.8) is 0 Å². The van der Waals surface area contributed by atoms with Crippen molar-refractivity contribution < 1.29 is 29.5 Å². The minimum absolute atomic E-state index is 0.206. The van der Waals surface area contributed by atoms with E-state index in [4.69, 9.17) is 20.9 Å². The fourth-order valence-electron chi connectivity index (χ4n) is 2.75. The smallest absolute Gasteiger partial charge is 0.271 e. The van der Waals surface area contributed by atoms with Gasteiger partial charge in [-0.25, -0.2) is 4.29 Å². The molecule has 1 saturated heterocycles. The first-order valence-electron chi connectivity index (χ1n) is 6.81. The van der Waals surface area contributed by atoms with Gasteiger partial charge in [0, 0.05) is 5.52 Å². The van der Waals surface area contributed by atoms with Crippen LogP contribution in [0.1, 0.15) is 5.69 Å². The van der Waals surface area contributed by atoms with Crippen molar-refractivity contribution in [3.05, 3.63) is 36.0 Å². The molecule has 0 aliphatic carbocycles. The lowest BCUT2D eigenvalue weighted by atomic mass is 9.90. The second-order valence-corrected chi connectivity index (χ2v) is 6.77. The fraction of sp³-hybridized carbons (Fsp3) is 0.429. The number of aliphatic hydroxyl groups is 4. The number of hydrogen-bond acceptors (Lipinski definition) is 6. The Labute approximate surface area is 144 Å². The van der Waals surface area contributed by atoms with Gasteiger partial charge in [0.05, 0.1) is 24.2 Å². The summed E-state index contributed by atoms with van der Waals surface area (Å²) < 4.78 is 8.17. The van der Waals surface area contributed by atoms with Crippen molar-refractivity contribution in [1.29, 1.82) is 0 Å². The van der Waals surface area contributed by atoms with Gasteiger partial charge in [-0.2, -0.15) is 0 Å². The maximum Gasteiger partial charge on any atom is 0.271 e. The van der Waals surface area contributed by atoms with Crippen LogP contribution in [0.3, 0.4) is 0 Å². The van der Waals surface area contributed by atoms with Crippen molar-refractivity contribution in [2.45, 2.75) is 28.6 Å². The van der Waals surface area contributed by atoms with Crippen molar-refractivity contribution in [1.82, 2.24) is 4.98 Å². The molecule has 0 radical (unpaired) electrons. The Morgan fingerprint density at radius 3 is 2.65 bits per heavy atom. The third-order valence-corrected chi connectivity index (χ3v) is 5.26. The highest BCUT2D eigenvalue weighted by Gasteiger charge is 2.66. The highest BCUT2D eigenvalue weighted by Crippen LogP contribution is 2.50. The predicted molar refractivity (Wildman–Crippen MR) is 84.8 cm³/mol. The van der Waals surface area contributed by atoms with Crippen LogP contribution in [-0.2, 0) is 14.8 Å². The summed E-state index contributed by atoms with van der Waals surface area (Å²) in [5.74, 6) is -2.08. The molecule has 9 heteroatoms. The van der Waals surface area contributed by atoms with Gasteiger partial charge in [-0.15, -0.1) is 0 Å². The van der Waals surface area contributed by atoms with E-state index in [9.17, 15) is 20.4 Å². The van der Waals surface area contributed by atoms with Gasteiger partial charge in [-0.1, -0.05) is 18.2 Å². The molecule has 5 atom stereocenters. The fourth-order valence-corrected chi connectivity index (χ4v) is 3.74. The molecule has 0 saturated carbocycles. The monoisotopic (exact) mass is 407 g/mol. The Bertz CT molecular complexity index is 676. The molecule has 0 amide bonds. The second kappa shape index (κ2) is 5.98. The van der Waals surface area contributed by atoms with Crippen LogP contribution in [0, 0.1) is 0 Å². The molecule has 1 aromatic heterocycles. The lowest BCUT2D eigenvalue weighted by molar-refractivity contribution is -0.356. The van der Waals surface area contributed by atoms with Gasteiger partial charge in [0.15, 0.2) is 0 Å². The summed E-state index contributed by atoms with van der Waals surface area (Å²) in [5.41, 5.74) is 0.932. The van der Waals surface area contributed by atoms with Gasteiger partial charge in [0.25, 0.3) is 5.79 Å². The van der Waals surface area contributed by atoms with E-state index in [1.165, 1.54) is 0 Å². The number of rotatable bonds is 3. The van der Waals surface area contributed by atoms with E-state index in [0.717, 1.165) is 10.9 Å². The zero-order chi connectivity index (χ0) is 16.8. The normalized spacial score (nSPS) is 38.1. The molecule has 0 unspecified atom stereocenters. The minimum atomic E-state index is -2.27. The van der Waals surface area contributed by atoms with Crippen LogP contribution in [0.2, 0.25) is 0 Å². The van der Waals surface area contributed by atoms with E-state index >= 15 is 0 Å². The van der Waals surface area contributed by atoms with Crippen LogP contribution in [0.5, 0.6) is 0 Å². The summed E-state index contributed by atoms with van der Waals surface area (Å²) in [4.78, 5) is 2.99. The summed E-state index contributed by atoms with van der Waals surface area (Å²) in [5, 5.41) is 41.0. The Morgan fingerprint density at radius 2 is 2.04 bits per heavy atom. The number of nitrogens with one attached hydrogen (secondary N) is 1. The summed E-state index contributed by atoms with van der Waals surface area (Å²) in [6.07, 6.45) is -4.50. The molecule has 2 heterocycles. The Morgan fingerprint density at radius 1 is 1.35 bits per heavy atom. The number of aliphatic hydroxyl groups excluding tert-OH is 3. The molecule has 1 aliphatic rings.